The lowest BCUT2D eigenvalue weighted by Crippen LogP contribution is -2.37. The number of benzene rings is 1. The molecule has 1 amide bonds. The lowest BCUT2D eigenvalue weighted by atomic mass is 10.1. The Morgan fingerprint density at radius 1 is 1.41 bits per heavy atom. The molecule has 1 aromatic rings. The topological polar surface area (TPSA) is 61.4 Å². The zero-order valence-electron chi connectivity index (χ0n) is 10.2. The minimum absolute atomic E-state index is 0.241. The van der Waals surface area contributed by atoms with Gasteiger partial charge in [0.2, 0.25) is 0 Å². The van der Waals surface area contributed by atoms with Gasteiger partial charge in [0.15, 0.2) is 0 Å². The van der Waals surface area contributed by atoms with Crippen LogP contribution in [0.5, 0.6) is 0 Å². The normalized spacial score (nSPS) is 12.1. The first-order valence-electron chi connectivity index (χ1n) is 5.46. The Balaban J connectivity index is 2.91. The van der Waals surface area contributed by atoms with Gasteiger partial charge < -0.3 is 5.32 Å². The van der Waals surface area contributed by atoms with Crippen LogP contribution < -0.4 is 10.8 Å². The first-order valence-corrected chi connectivity index (χ1v) is 5.46. The minimum Gasteiger partial charge on any atom is -0.374 e. The van der Waals surface area contributed by atoms with Crippen molar-refractivity contribution in [1.82, 2.24) is 5.48 Å². The predicted octanol–water partition coefficient (Wildman–Crippen LogP) is 2.14. The van der Waals surface area contributed by atoms with Crippen LogP contribution in [0.1, 0.15) is 24.5 Å². The highest BCUT2D eigenvalue weighted by Gasteiger charge is 2.16. The number of hydrogen-bond donors (Lipinski definition) is 3. The van der Waals surface area contributed by atoms with Crippen molar-refractivity contribution in [3.63, 3.8) is 0 Å². The van der Waals surface area contributed by atoms with Crippen molar-refractivity contribution < 1.29 is 14.4 Å². The van der Waals surface area contributed by atoms with E-state index in [1.807, 2.05) is 6.92 Å². The third-order valence-corrected chi connectivity index (χ3v) is 2.61. The molecule has 3 N–H and O–H groups in total. The van der Waals surface area contributed by atoms with Crippen molar-refractivity contribution in [2.75, 3.05) is 5.32 Å². The number of carbonyl (C=O) groups excluding carboxylic acids is 1. The maximum absolute atomic E-state index is 13.4. The molecular weight excluding hydrogens is 223 g/mol. The molecule has 0 heterocycles. The maximum Gasteiger partial charge on any atom is 0.265 e. The summed E-state index contributed by atoms with van der Waals surface area (Å²) < 4.78 is 13.4. The largest absolute Gasteiger partial charge is 0.374 e. The lowest BCUT2D eigenvalue weighted by molar-refractivity contribution is -0.130. The van der Waals surface area contributed by atoms with Crippen molar-refractivity contribution >= 4 is 11.6 Å². The molecule has 17 heavy (non-hydrogen) atoms. The van der Waals surface area contributed by atoms with Crippen molar-refractivity contribution in [3.05, 3.63) is 29.1 Å². The standard InChI is InChI=1S/C12H17FN2O2/c1-4-10(12(16)15-17)14-9-5-7(2)11(13)8(3)6-9/h5-6,10,14,17H,4H2,1-3H3,(H,15,16). The second kappa shape index (κ2) is 5.63. The molecule has 0 spiro atoms. The first kappa shape index (κ1) is 13.4. The van der Waals surface area contributed by atoms with Crippen LogP contribution in [0.2, 0.25) is 0 Å². The fourth-order valence-corrected chi connectivity index (χ4v) is 1.66. The Bertz CT molecular complexity index is 398. The van der Waals surface area contributed by atoms with Crippen LogP contribution in [0.15, 0.2) is 12.1 Å². The first-order chi connectivity index (χ1) is 7.99. The molecule has 1 atom stereocenters. The maximum atomic E-state index is 13.4. The number of anilines is 1. The molecule has 0 aromatic heterocycles. The van der Waals surface area contributed by atoms with Gasteiger partial charge in [0.05, 0.1) is 0 Å². The average molecular weight is 240 g/mol. The molecule has 0 aliphatic rings. The monoisotopic (exact) mass is 240 g/mol. The molecule has 1 aromatic carbocycles. The summed E-state index contributed by atoms with van der Waals surface area (Å²) in [7, 11) is 0. The number of aryl methyl sites for hydroxylation is 2. The summed E-state index contributed by atoms with van der Waals surface area (Å²) in [4.78, 5) is 11.3. The zero-order valence-corrected chi connectivity index (χ0v) is 10.2. The van der Waals surface area contributed by atoms with Gasteiger partial charge in [0.25, 0.3) is 5.91 Å². The van der Waals surface area contributed by atoms with E-state index < -0.39 is 11.9 Å². The Labute approximate surface area is 99.8 Å². The Morgan fingerprint density at radius 2 is 1.94 bits per heavy atom. The summed E-state index contributed by atoms with van der Waals surface area (Å²) in [5, 5.41) is 11.5. The molecule has 0 radical (unpaired) electrons. The van der Waals surface area contributed by atoms with E-state index in [1.165, 1.54) is 0 Å². The van der Waals surface area contributed by atoms with Gasteiger partial charge in [-0.2, -0.15) is 0 Å². The number of nitrogens with one attached hydrogen (secondary N) is 2. The summed E-state index contributed by atoms with van der Waals surface area (Å²) in [6, 6.07) is 2.73. The van der Waals surface area contributed by atoms with E-state index in [2.05, 4.69) is 5.32 Å². The SMILES string of the molecule is CCC(Nc1cc(C)c(F)c(C)c1)C(=O)NO. The second-order valence-electron chi connectivity index (χ2n) is 4.01. The highest BCUT2D eigenvalue weighted by Crippen LogP contribution is 2.19. The number of rotatable bonds is 4. The molecule has 0 saturated carbocycles. The van der Waals surface area contributed by atoms with E-state index in [-0.39, 0.29) is 5.82 Å². The fraction of sp³-hybridized carbons (Fsp3) is 0.417. The zero-order chi connectivity index (χ0) is 13.0. The molecule has 5 heteroatoms. The summed E-state index contributed by atoms with van der Waals surface area (Å²) in [5.41, 5.74) is 3.31. The Morgan fingerprint density at radius 3 is 2.35 bits per heavy atom. The van der Waals surface area contributed by atoms with E-state index in [0.29, 0.717) is 23.2 Å². The van der Waals surface area contributed by atoms with Gasteiger partial charge in [0, 0.05) is 5.69 Å². The summed E-state index contributed by atoms with van der Waals surface area (Å²) in [6.07, 6.45) is 0.516. The van der Waals surface area contributed by atoms with Gasteiger partial charge in [-0.05, 0) is 43.5 Å². The predicted molar refractivity (Wildman–Crippen MR) is 63.5 cm³/mol. The molecule has 4 nitrogen and oxygen atoms in total. The van der Waals surface area contributed by atoms with Gasteiger partial charge in [0.1, 0.15) is 11.9 Å². The summed E-state index contributed by atoms with van der Waals surface area (Å²) in [6.45, 7) is 5.15. The molecule has 0 fully saturated rings. The highest BCUT2D eigenvalue weighted by atomic mass is 19.1. The molecule has 1 rings (SSSR count). The third kappa shape index (κ3) is 3.17. The minimum atomic E-state index is -0.538. The Hall–Kier alpha value is -1.62. The number of hydrogen-bond acceptors (Lipinski definition) is 3. The van der Waals surface area contributed by atoms with Crippen LogP contribution in [0.4, 0.5) is 10.1 Å². The number of hydroxylamine groups is 1. The lowest BCUT2D eigenvalue weighted by Gasteiger charge is -2.17. The van der Waals surface area contributed by atoms with E-state index in [0.717, 1.165) is 0 Å². The van der Waals surface area contributed by atoms with Crippen molar-refractivity contribution in [1.29, 1.82) is 0 Å². The van der Waals surface area contributed by atoms with Crippen LogP contribution in [-0.4, -0.2) is 17.2 Å². The van der Waals surface area contributed by atoms with Gasteiger partial charge in [-0.3, -0.25) is 10.0 Å². The second-order valence-corrected chi connectivity index (χ2v) is 4.01. The quantitative estimate of drug-likeness (QED) is 0.558. The van der Waals surface area contributed by atoms with Crippen LogP contribution >= 0.6 is 0 Å². The van der Waals surface area contributed by atoms with Crippen LogP contribution in [0.3, 0.4) is 0 Å². The average Bonchev–Trinajstić information content (AvgIpc) is 2.31. The van der Waals surface area contributed by atoms with Gasteiger partial charge >= 0.3 is 0 Å². The molecule has 1 unspecified atom stereocenters. The van der Waals surface area contributed by atoms with Crippen molar-refractivity contribution in [3.8, 4) is 0 Å². The number of carbonyl (C=O) groups is 1. The van der Waals surface area contributed by atoms with E-state index in [4.69, 9.17) is 5.21 Å². The van der Waals surface area contributed by atoms with Crippen LogP contribution in [0.25, 0.3) is 0 Å². The van der Waals surface area contributed by atoms with Crippen molar-refractivity contribution in [2.24, 2.45) is 0 Å². The van der Waals surface area contributed by atoms with Crippen LogP contribution in [-0.2, 0) is 4.79 Å². The highest BCUT2D eigenvalue weighted by molar-refractivity contribution is 5.83. The van der Waals surface area contributed by atoms with Gasteiger partial charge in [-0.15, -0.1) is 0 Å². The molecule has 0 aliphatic heterocycles. The van der Waals surface area contributed by atoms with E-state index in [1.54, 1.807) is 31.5 Å². The number of halogens is 1. The number of amides is 1. The third-order valence-electron chi connectivity index (χ3n) is 2.61. The van der Waals surface area contributed by atoms with Gasteiger partial charge in [-0.25, -0.2) is 9.87 Å². The van der Waals surface area contributed by atoms with Gasteiger partial charge in [-0.1, -0.05) is 6.92 Å². The molecule has 0 saturated heterocycles. The van der Waals surface area contributed by atoms with E-state index >= 15 is 0 Å². The fourth-order valence-electron chi connectivity index (χ4n) is 1.66. The molecule has 94 valence electrons. The summed E-state index contributed by atoms with van der Waals surface area (Å²) >= 11 is 0. The van der Waals surface area contributed by atoms with Crippen LogP contribution in [0, 0.1) is 19.7 Å². The van der Waals surface area contributed by atoms with Crippen molar-refractivity contribution in [2.45, 2.75) is 33.2 Å². The molecular formula is C12H17FN2O2. The van der Waals surface area contributed by atoms with E-state index in [9.17, 15) is 9.18 Å². The Kier molecular flexibility index (Phi) is 4.45. The molecule has 0 bridgehead atoms. The smallest absolute Gasteiger partial charge is 0.265 e. The molecule has 0 aliphatic carbocycles. The summed E-state index contributed by atoms with van der Waals surface area (Å²) in [5.74, 6) is -0.748.